The van der Waals surface area contributed by atoms with Crippen molar-refractivity contribution in [3.05, 3.63) is 35.4 Å². The molecule has 106 valence electrons. The number of benzene rings is 1. The Balaban J connectivity index is 1.74. The number of hydrogen-bond acceptors (Lipinski definition) is 1. The van der Waals surface area contributed by atoms with Crippen LogP contribution in [0.2, 0.25) is 0 Å². The maximum atomic E-state index is 3.51. The van der Waals surface area contributed by atoms with Crippen LogP contribution < -0.4 is 5.32 Å². The van der Waals surface area contributed by atoms with E-state index in [1.165, 1.54) is 75.6 Å². The summed E-state index contributed by atoms with van der Waals surface area (Å²) in [4.78, 5) is 0. The summed E-state index contributed by atoms with van der Waals surface area (Å²) in [7, 11) is 0. The summed E-state index contributed by atoms with van der Waals surface area (Å²) in [6.45, 7) is 4.70. The van der Waals surface area contributed by atoms with Crippen LogP contribution >= 0.6 is 0 Å². The SMILES string of the molecule is CCCCCCc1ccc(CC2CCCNC2)cc1. The van der Waals surface area contributed by atoms with Crippen molar-refractivity contribution in [2.75, 3.05) is 13.1 Å². The Kier molecular flexibility index (Phi) is 6.43. The first-order chi connectivity index (χ1) is 9.38. The largest absolute Gasteiger partial charge is 0.316 e. The van der Waals surface area contributed by atoms with Crippen LogP contribution in [0.5, 0.6) is 0 Å². The number of hydrogen-bond donors (Lipinski definition) is 1. The van der Waals surface area contributed by atoms with E-state index in [-0.39, 0.29) is 0 Å². The summed E-state index contributed by atoms with van der Waals surface area (Å²) in [5, 5.41) is 3.51. The van der Waals surface area contributed by atoms with Gasteiger partial charge in [-0.3, -0.25) is 0 Å². The Bertz CT molecular complexity index is 335. The molecule has 1 nitrogen and oxygen atoms in total. The molecule has 2 rings (SSSR count). The number of nitrogens with one attached hydrogen (secondary N) is 1. The van der Waals surface area contributed by atoms with Crippen LogP contribution in [0.1, 0.15) is 56.6 Å². The average Bonchev–Trinajstić information content (AvgIpc) is 2.46. The normalized spacial score (nSPS) is 19.5. The molecular formula is C18H29N. The minimum Gasteiger partial charge on any atom is -0.316 e. The quantitative estimate of drug-likeness (QED) is 0.718. The van der Waals surface area contributed by atoms with E-state index in [0.717, 1.165) is 5.92 Å². The summed E-state index contributed by atoms with van der Waals surface area (Å²) >= 11 is 0. The van der Waals surface area contributed by atoms with Crippen LogP contribution in [0.25, 0.3) is 0 Å². The molecule has 0 amide bonds. The first kappa shape index (κ1) is 14.6. The van der Waals surface area contributed by atoms with Crippen LogP contribution in [0.15, 0.2) is 24.3 Å². The summed E-state index contributed by atoms with van der Waals surface area (Å²) in [6, 6.07) is 9.39. The van der Waals surface area contributed by atoms with Crippen molar-refractivity contribution < 1.29 is 0 Å². The summed E-state index contributed by atoms with van der Waals surface area (Å²) in [5.41, 5.74) is 3.03. The molecule has 0 radical (unpaired) electrons. The van der Waals surface area contributed by atoms with Gasteiger partial charge in [0.25, 0.3) is 0 Å². The highest BCUT2D eigenvalue weighted by Crippen LogP contribution is 2.17. The summed E-state index contributed by atoms with van der Waals surface area (Å²) in [6.07, 6.45) is 10.7. The van der Waals surface area contributed by atoms with Gasteiger partial charge in [0.05, 0.1) is 0 Å². The predicted octanol–water partition coefficient (Wildman–Crippen LogP) is 4.35. The van der Waals surface area contributed by atoms with Gasteiger partial charge in [-0.2, -0.15) is 0 Å². The number of unbranched alkanes of at least 4 members (excludes halogenated alkanes) is 3. The van der Waals surface area contributed by atoms with Gasteiger partial charge >= 0.3 is 0 Å². The van der Waals surface area contributed by atoms with Crippen LogP contribution in [0.3, 0.4) is 0 Å². The van der Waals surface area contributed by atoms with E-state index in [1.807, 2.05) is 0 Å². The molecule has 0 bridgehead atoms. The van der Waals surface area contributed by atoms with Crippen LogP contribution in [0, 0.1) is 5.92 Å². The number of piperidine rings is 1. The average molecular weight is 259 g/mol. The Morgan fingerprint density at radius 2 is 1.84 bits per heavy atom. The van der Waals surface area contributed by atoms with E-state index in [0.29, 0.717) is 0 Å². The molecule has 1 aliphatic heterocycles. The van der Waals surface area contributed by atoms with E-state index >= 15 is 0 Å². The van der Waals surface area contributed by atoms with E-state index in [4.69, 9.17) is 0 Å². The van der Waals surface area contributed by atoms with Crippen molar-refractivity contribution in [1.82, 2.24) is 5.32 Å². The molecule has 1 aromatic carbocycles. The van der Waals surface area contributed by atoms with E-state index < -0.39 is 0 Å². The lowest BCUT2D eigenvalue weighted by Crippen LogP contribution is -2.30. The standard InChI is InChI=1S/C18H29N/c1-2-3-4-5-7-16-9-11-17(12-10-16)14-18-8-6-13-19-15-18/h9-12,18-19H,2-8,13-15H2,1H3. The van der Waals surface area contributed by atoms with Gasteiger partial charge in [0.2, 0.25) is 0 Å². The molecule has 0 spiro atoms. The molecule has 1 saturated heterocycles. The molecule has 1 atom stereocenters. The summed E-state index contributed by atoms with van der Waals surface area (Å²) < 4.78 is 0. The molecule has 0 saturated carbocycles. The lowest BCUT2D eigenvalue weighted by molar-refractivity contribution is 0.376. The molecule has 0 aromatic heterocycles. The molecule has 19 heavy (non-hydrogen) atoms. The number of aryl methyl sites for hydroxylation is 1. The van der Waals surface area contributed by atoms with Crippen molar-refractivity contribution >= 4 is 0 Å². The van der Waals surface area contributed by atoms with Gasteiger partial charge in [0.15, 0.2) is 0 Å². The Morgan fingerprint density at radius 3 is 2.53 bits per heavy atom. The topological polar surface area (TPSA) is 12.0 Å². The molecular weight excluding hydrogens is 230 g/mol. The van der Waals surface area contributed by atoms with Gasteiger partial charge in [0.1, 0.15) is 0 Å². The second-order valence-electron chi connectivity index (χ2n) is 6.04. The molecule has 1 fully saturated rings. The van der Waals surface area contributed by atoms with Crippen molar-refractivity contribution in [2.24, 2.45) is 5.92 Å². The molecule has 1 unspecified atom stereocenters. The maximum absolute atomic E-state index is 3.51. The van der Waals surface area contributed by atoms with Crippen LogP contribution in [0.4, 0.5) is 0 Å². The zero-order valence-electron chi connectivity index (χ0n) is 12.5. The lowest BCUT2D eigenvalue weighted by atomic mass is 9.92. The van der Waals surface area contributed by atoms with E-state index in [2.05, 4.69) is 36.5 Å². The first-order valence-corrected chi connectivity index (χ1v) is 8.17. The highest BCUT2D eigenvalue weighted by atomic mass is 14.9. The minimum atomic E-state index is 0.851. The van der Waals surface area contributed by atoms with Gasteiger partial charge in [0, 0.05) is 0 Å². The molecule has 1 N–H and O–H groups in total. The predicted molar refractivity (Wildman–Crippen MR) is 83.6 cm³/mol. The zero-order chi connectivity index (χ0) is 13.3. The van der Waals surface area contributed by atoms with Gasteiger partial charge in [-0.05, 0) is 62.2 Å². The lowest BCUT2D eigenvalue weighted by Gasteiger charge is -2.22. The third-order valence-electron chi connectivity index (χ3n) is 4.27. The fraction of sp³-hybridized carbons (Fsp3) is 0.667. The third-order valence-corrected chi connectivity index (χ3v) is 4.27. The minimum absolute atomic E-state index is 0.851. The second kappa shape index (κ2) is 8.37. The molecule has 1 heteroatoms. The molecule has 1 aliphatic rings. The van der Waals surface area contributed by atoms with Crippen molar-refractivity contribution in [3.63, 3.8) is 0 Å². The van der Waals surface area contributed by atoms with Crippen LogP contribution in [-0.2, 0) is 12.8 Å². The van der Waals surface area contributed by atoms with Crippen molar-refractivity contribution in [1.29, 1.82) is 0 Å². The maximum Gasteiger partial charge on any atom is -0.00173 e. The Morgan fingerprint density at radius 1 is 1.05 bits per heavy atom. The second-order valence-corrected chi connectivity index (χ2v) is 6.04. The highest BCUT2D eigenvalue weighted by molar-refractivity contribution is 5.23. The molecule has 1 aromatic rings. The molecule has 1 heterocycles. The third kappa shape index (κ3) is 5.36. The van der Waals surface area contributed by atoms with Gasteiger partial charge < -0.3 is 5.32 Å². The highest BCUT2D eigenvalue weighted by Gasteiger charge is 2.13. The van der Waals surface area contributed by atoms with Crippen molar-refractivity contribution in [3.8, 4) is 0 Å². The smallest absolute Gasteiger partial charge is 0.00173 e. The van der Waals surface area contributed by atoms with Gasteiger partial charge in [-0.1, -0.05) is 50.5 Å². The van der Waals surface area contributed by atoms with Crippen LogP contribution in [-0.4, -0.2) is 13.1 Å². The monoisotopic (exact) mass is 259 g/mol. The first-order valence-electron chi connectivity index (χ1n) is 8.17. The zero-order valence-corrected chi connectivity index (χ0v) is 12.5. The Hall–Kier alpha value is -0.820. The fourth-order valence-electron chi connectivity index (χ4n) is 3.03. The Labute approximate surface area is 118 Å². The van der Waals surface area contributed by atoms with Crippen molar-refractivity contribution in [2.45, 2.75) is 58.3 Å². The van der Waals surface area contributed by atoms with Gasteiger partial charge in [-0.15, -0.1) is 0 Å². The fourth-order valence-corrected chi connectivity index (χ4v) is 3.03. The summed E-state index contributed by atoms with van der Waals surface area (Å²) in [5.74, 6) is 0.851. The van der Waals surface area contributed by atoms with E-state index in [1.54, 1.807) is 0 Å². The number of rotatable bonds is 7. The van der Waals surface area contributed by atoms with Gasteiger partial charge in [-0.25, -0.2) is 0 Å². The van der Waals surface area contributed by atoms with E-state index in [9.17, 15) is 0 Å². The molecule has 0 aliphatic carbocycles.